The van der Waals surface area contributed by atoms with Gasteiger partial charge in [0, 0.05) is 12.3 Å². The summed E-state index contributed by atoms with van der Waals surface area (Å²) in [7, 11) is 0. The van der Waals surface area contributed by atoms with Crippen LogP contribution in [0.5, 0.6) is 5.75 Å². The minimum atomic E-state index is -0.136. The second kappa shape index (κ2) is 5.25. The van der Waals surface area contributed by atoms with Crippen LogP contribution >= 0.6 is 0 Å². The maximum atomic E-state index is 11.4. The summed E-state index contributed by atoms with van der Waals surface area (Å²) in [6.45, 7) is 3.88. The van der Waals surface area contributed by atoms with Gasteiger partial charge in [0.05, 0.1) is 0 Å². The van der Waals surface area contributed by atoms with Crippen molar-refractivity contribution in [3.8, 4) is 5.75 Å². The van der Waals surface area contributed by atoms with Crippen molar-refractivity contribution < 1.29 is 14.6 Å². The van der Waals surface area contributed by atoms with E-state index in [1.165, 1.54) is 37.3 Å². The Hall–Kier alpha value is -1.51. The van der Waals surface area contributed by atoms with Gasteiger partial charge in [-0.05, 0) is 79.5 Å². The Morgan fingerprint density at radius 3 is 2.87 bits per heavy atom. The van der Waals surface area contributed by atoms with Gasteiger partial charge in [-0.15, -0.1) is 0 Å². The van der Waals surface area contributed by atoms with Crippen LogP contribution in [-0.4, -0.2) is 17.2 Å². The molecule has 5 atom stereocenters. The first-order valence-corrected chi connectivity index (χ1v) is 8.98. The van der Waals surface area contributed by atoms with E-state index in [0.29, 0.717) is 23.5 Å². The van der Waals surface area contributed by atoms with Crippen LogP contribution in [0.1, 0.15) is 63.0 Å². The van der Waals surface area contributed by atoms with Gasteiger partial charge in [-0.1, -0.05) is 13.0 Å². The Bertz CT molecular complexity index is 638. The lowest BCUT2D eigenvalue weighted by atomic mass is 9.55. The normalized spacial score (nSPS) is 38.3. The van der Waals surface area contributed by atoms with E-state index in [4.69, 9.17) is 4.74 Å². The van der Waals surface area contributed by atoms with Crippen LogP contribution in [0.25, 0.3) is 0 Å². The van der Waals surface area contributed by atoms with Gasteiger partial charge >= 0.3 is 5.97 Å². The number of rotatable bonds is 1. The number of carbonyl (C=O) groups is 1. The number of ether oxygens (including phenoxy) is 1. The van der Waals surface area contributed by atoms with Crippen molar-refractivity contribution in [3.05, 3.63) is 29.3 Å². The topological polar surface area (TPSA) is 46.5 Å². The maximum absolute atomic E-state index is 11.4. The summed E-state index contributed by atoms with van der Waals surface area (Å²) in [6, 6.07) is 5.93. The fourth-order valence-electron chi connectivity index (χ4n) is 5.91. The number of carbonyl (C=O) groups excluding carboxylic acids is 1. The molecule has 3 nitrogen and oxygen atoms in total. The largest absolute Gasteiger partial charge is 0.508 e. The number of esters is 1. The molecule has 4 rings (SSSR count). The minimum Gasteiger partial charge on any atom is -0.508 e. The van der Waals surface area contributed by atoms with Crippen LogP contribution in [-0.2, 0) is 16.0 Å². The van der Waals surface area contributed by atoms with E-state index in [9.17, 15) is 9.90 Å². The lowest BCUT2D eigenvalue weighted by molar-refractivity contribution is -0.154. The Kier molecular flexibility index (Phi) is 3.44. The lowest BCUT2D eigenvalue weighted by Gasteiger charge is -2.50. The molecule has 0 heterocycles. The number of aromatic hydroxyl groups is 1. The molecule has 1 aromatic carbocycles. The highest BCUT2D eigenvalue weighted by atomic mass is 16.5. The van der Waals surface area contributed by atoms with E-state index in [-0.39, 0.29) is 17.5 Å². The molecule has 1 N–H and O–H groups in total. The number of hydrogen-bond acceptors (Lipinski definition) is 3. The number of fused-ring (bicyclic) bond motifs is 5. The number of phenols is 1. The molecule has 0 amide bonds. The van der Waals surface area contributed by atoms with Crippen LogP contribution in [0.2, 0.25) is 0 Å². The van der Waals surface area contributed by atoms with Crippen molar-refractivity contribution in [1.82, 2.24) is 0 Å². The smallest absolute Gasteiger partial charge is 0.302 e. The second-order valence-corrected chi connectivity index (χ2v) is 8.02. The zero-order valence-corrected chi connectivity index (χ0v) is 14.0. The second-order valence-electron chi connectivity index (χ2n) is 8.02. The molecule has 3 aliphatic rings. The molecule has 2 fully saturated rings. The zero-order valence-electron chi connectivity index (χ0n) is 14.0. The molecule has 0 saturated heterocycles. The van der Waals surface area contributed by atoms with Gasteiger partial charge in [-0.25, -0.2) is 0 Å². The quantitative estimate of drug-likeness (QED) is 0.791. The summed E-state index contributed by atoms with van der Waals surface area (Å²) in [6.07, 6.45) is 6.89. The molecule has 3 heteroatoms. The summed E-state index contributed by atoms with van der Waals surface area (Å²) >= 11 is 0. The summed E-state index contributed by atoms with van der Waals surface area (Å²) in [5.41, 5.74) is 2.95. The summed E-state index contributed by atoms with van der Waals surface area (Å²) in [5.74, 6) is 2.23. The van der Waals surface area contributed by atoms with Crippen molar-refractivity contribution in [2.75, 3.05) is 0 Å². The van der Waals surface area contributed by atoms with Crippen LogP contribution in [0, 0.1) is 17.3 Å². The molecule has 1 aromatic rings. The van der Waals surface area contributed by atoms with Crippen molar-refractivity contribution in [2.45, 2.75) is 64.4 Å². The molecule has 0 bridgehead atoms. The van der Waals surface area contributed by atoms with Crippen LogP contribution < -0.4 is 0 Å². The van der Waals surface area contributed by atoms with Gasteiger partial charge in [0.2, 0.25) is 0 Å². The number of aryl methyl sites for hydroxylation is 1. The fourth-order valence-corrected chi connectivity index (χ4v) is 5.91. The lowest BCUT2D eigenvalue weighted by Crippen LogP contribution is -2.45. The highest BCUT2D eigenvalue weighted by molar-refractivity contribution is 5.66. The molecule has 23 heavy (non-hydrogen) atoms. The molecular weight excluding hydrogens is 288 g/mol. The Morgan fingerprint density at radius 2 is 2.09 bits per heavy atom. The van der Waals surface area contributed by atoms with Gasteiger partial charge in [0.15, 0.2) is 0 Å². The predicted octanol–water partition coefficient (Wildman–Crippen LogP) is 4.18. The summed E-state index contributed by atoms with van der Waals surface area (Å²) in [4.78, 5) is 11.4. The third-order valence-corrected chi connectivity index (χ3v) is 6.93. The molecule has 0 spiro atoms. The van der Waals surface area contributed by atoms with Crippen molar-refractivity contribution in [3.63, 3.8) is 0 Å². The Morgan fingerprint density at radius 1 is 1.26 bits per heavy atom. The summed E-state index contributed by atoms with van der Waals surface area (Å²) < 4.78 is 5.68. The number of hydrogen-bond donors (Lipinski definition) is 1. The van der Waals surface area contributed by atoms with Crippen molar-refractivity contribution in [1.29, 1.82) is 0 Å². The average Bonchev–Trinajstić information content (AvgIpc) is 2.83. The number of phenolic OH excluding ortho intramolecular Hbond substituents is 1. The van der Waals surface area contributed by atoms with E-state index in [0.717, 1.165) is 19.3 Å². The van der Waals surface area contributed by atoms with Gasteiger partial charge in [0.1, 0.15) is 11.9 Å². The first-order chi connectivity index (χ1) is 11.0. The monoisotopic (exact) mass is 314 g/mol. The van der Waals surface area contributed by atoms with Gasteiger partial charge in [0.25, 0.3) is 0 Å². The van der Waals surface area contributed by atoms with E-state index < -0.39 is 0 Å². The SMILES string of the molecule is CC(=O)O[C@@H]1CC[C@@H]2[C@H]3CCc4cc(O)ccc4[C@@H]3CC[C@]21C. The van der Waals surface area contributed by atoms with Crippen molar-refractivity contribution >= 4 is 5.97 Å². The van der Waals surface area contributed by atoms with Crippen molar-refractivity contribution in [2.24, 2.45) is 17.3 Å². The van der Waals surface area contributed by atoms with Crippen LogP contribution in [0.4, 0.5) is 0 Å². The van der Waals surface area contributed by atoms with E-state index in [1.54, 1.807) is 0 Å². The molecule has 3 aliphatic carbocycles. The molecule has 124 valence electrons. The number of benzene rings is 1. The summed E-state index contributed by atoms with van der Waals surface area (Å²) in [5, 5.41) is 9.75. The molecule has 0 radical (unpaired) electrons. The molecular formula is C20H26O3. The van der Waals surface area contributed by atoms with E-state index in [2.05, 4.69) is 13.0 Å². The molecule has 2 saturated carbocycles. The van der Waals surface area contributed by atoms with Crippen LogP contribution in [0.15, 0.2) is 18.2 Å². The molecule has 0 aliphatic heterocycles. The Labute approximate surface area is 138 Å². The van der Waals surface area contributed by atoms with Gasteiger partial charge in [-0.2, -0.15) is 0 Å². The fraction of sp³-hybridized carbons (Fsp3) is 0.650. The standard InChI is InChI=1S/C20H26O3/c1-12(21)23-19-8-7-18-17-5-3-13-11-14(22)4-6-15(13)16(17)9-10-20(18,19)2/h4,6,11,16-19,22H,3,5,7-10H2,1-2H3/t16-,17-,18+,19+,20+/m0/s1. The van der Waals surface area contributed by atoms with E-state index >= 15 is 0 Å². The molecule has 0 aromatic heterocycles. The van der Waals surface area contributed by atoms with Crippen LogP contribution in [0.3, 0.4) is 0 Å². The first-order valence-electron chi connectivity index (χ1n) is 8.98. The predicted molar refractivity (Wildman–Crippen MR) is 88.3 cm³/mol. The first kappa shape index (κ1) is 15.0. The third-order valence-electron chi connectivity index (χ3n) is 6.93. The van der Waals surface area contributed by atoms with Gasteiger partial charge < -0.3 is 9.84 Å². The highest BCUT2D eigenvalue weighted by Crippen LogP contribution is 2.61. The Balaban J connectivity index is 1.63. The highest BCUT2D eigenvalue weighted by Gasteiger charge is 2.56. The minimum absolute atomic E-state index is 0.104. The maximum Gasteiger partial charge on any atom is 0.302 e. The van der Waals surface area contributed by atoms with E-state index in [1.807, 2.05) is 12.1 Å². The third kappa shape index (κ3) is 2.28. The van der Waals surface area contributed by atoms with Gasteiger partial charge in [-0.3, -0.25) is 4.79 Å². The molecule has 0 unspecified atom stereocenters. The zero-order chi connectivity index (χ0) is 16.2. The average molecular weight is 314 g/mol.